The number of nitrogens with zero attached hydrogens (tertiary/aromatic N) is 5. The Kier molecular flexibility index (Phi) is 17.5. The lowest BCUT2D eigenvalue weighted by Crippen LogP contribution is -2.33. The first kappa shape index (κ1) is 35.4. The van der Waals surface area contributed by atoms with Crippen LogP contribution in [-0.2, 0) is 11.3 Å². The van der Waals surface area contributed by atoms with E-state index in [0.29, 0.717) is 18.5 Å². The van der Waals surface area contributed by atoms with E-state index in [-0.39, 0.29) is 11.9 Å². The van der Waals surface area contributed by atoms with Crippen LogP contribution in [0.5, 0.6) is 0 Å². The fourth-order valence-electron chi connectivity index (χ4n) is 4.03. The van der Waals surface area contributed by atoms with Crippen LogP contribution >= 0.6 is 0 Å². The predicted octanol–water partition coefficient (Wildman–Crippen LogP) is 5.97. The van der Waals surface area contributed by atoms with Crippen molar-refractivity contribution in [1.29, 1.82) is 0 Å². The first-order valence-corrected chi connectivity index (χ1v) is 14.8. The van der Waals surface area contributed by atoms with Gasteiger partial charge in [0.05, 0.1) is 18.8 Å². The molecule has 1 aromatic heterocycles. The quantitative estimate of drug-likeness (QED) is 0.163. The molecule has 0 fully saturated rings. The maximum atomic E-state index is 13.2. The van der Waals surface area contributed by atoms with E-state index in [9.17, 15) is 4.79 Å². The van der Waals surface area contributed by atoms with Gasteiger partial charge in [-0.25, -0.2) is 0 Å². The largest absolute Gasteiger partial charge is 0.344 e. The van der Waals surface area contributed by atoms with Crippen molar-refractivity contribution in [3.63, 3.8) is 0 Å². The molecule has 1 N–H and O–H groups in total. The van der Waals surface area contributed by atoms with E-state index in [2.05, 4.69) is 104 Å². The molecular formula is C34H52N6O. The van der Waals surface area contributed by atoms with Crippen LogP contribution in [0.15, 0.2) is 82.7 Å². The summed E-state index contributed by atoms with van der Waals surface area (Å²) in [5, 5.41) is 3.09. The van der Waals surface area contributed by atoms with Crippen molar-refractivity contribution < 1.29 is 4.79 Å². The van der Waals surface area contributed by atoms with E-state index in [0.717, 1.165) is 43.5 Å². The van der Waals surface area contributed by atoms with Gasteiger partial charge in [0.25, 0.3) is 5.91 Å². The van der Waals surface area contributed by atoms with Crippen LogP contribution in [0.1, 0.15) is 74.1 Å². The molecule has 0 bridgehead atoms. The number of hydrogen-bond donors (Lipinski definition) is 1. The molecule has 1 amide bonds. The molecule has 1 unspecified atom stereocenters. The first-order valence-electron chi connectivity index (χ1n) is 14.8. The predicted molar refractivity (Wildman–Crippen MR) is 172 cm³/mol. The molecule has 0 aliphatic heterocycles. The average Bonchev–Trinajstić information content (AvgIpc) is 2.94. The van der Waals surface area contributed by atoms with Crippen molar-refractivity contribution in [2.24, 2.45) is 4.99 Å². The number of nitrogens with one attached hydrogen (secondary N) is 1. The third kappa shape index (κ3) is 13.5. The molecular weight excluding hydrogens is 508 g/mol. The fraction of sp³-hybridized carbons (Fsp3) is 0.500. The molecule has 1 aromatic rings. The molecule has 224 valence electrons. The van der Waals surface area contributed by atoms with Crippen LogP contribution in [0.4, 0.5) is 0 Å². The zero-order valence-electron chi connectivity index (χ0n) is 26.9. The van der Waals surface area contributed by atoms with Gasteiger partial charge in [0, 0.05) is 55.1 Å². The van der Waals surface area contributed by atoms with E-state index < -0.39 is 0 Å². The van der Waals surface area contributed by atoms with Crippen molar-refractivity contribution in [3.05, 3.63) is 83.2 Å². The lowest BCUT2D eigenvalue weighted by molar-refractivity contribution is -0.116. The van der Waals surface area contributed by atoms with E-state index >= 15 is 0 Å². The van der Waals surface area contributed by atoms with Gasteiger partial charge < -0.3 is 19.7 Å². The molecule has 0 aromatic carbocycles. The summed E-state index contributed by atoms with van der Waals surface area (Å²) in [6.07, 6.45) is 20.7. The number of aromatic nitrogens is 2. The third-order valence-corrected chi connectivity index (χ3v) is 6.26. The highest BCUT2D eigenvalue weighted by atomic mass is 16.1. The van der Waals surface area contributed by atoms with Gasteiger partial charge in [-0.15, -0.1) is 0 Å². The molecule has 7 heteroatoms. The summed E-state index contributed by atoms with van der Waals surface area (Å²) in [4.78, 5) is 26.4. The molecule has 41 heavy (non-hydrogen) atoms. The van der Waals surface area contributed by atoms with Gasteiger partial charge in [0.15, 0.2) is 0 Å². The molecule has 1 atom stereocenters. The van der Waals surface area contributed by atoms with E-state index in [1.807, 2.05) is 42.8 Å². The Morgan fingerprint density at radius 3 is 2.61 bits per heavy atom. The standard InChI is InChI=1S/C34H52N6O/c1-10-14-18-31(19-16-15-17-23-39-24-21-35-26-33(39)36-20-11-2)34(41)37-29(6)25-30(7)40(22-12-3)32(27-38(8)9)28(5)13-4/h12,14,18-19,21-22,24-26,30H,10-11,13,16,20,23,27H2,1-9H3,(H,37,41)/b18-14-,22-12-,29-25+,31-19+,32-28+,36-33?. The second-order valence-electron chi connectivity index (χ2n) is 10.2. The summed E-state index contributed by atoms with van der Waals surface area (Å²) < 4.78 is 1.98. The molecule has 0 radical (unpaired) electrons. The summed E-state index contributed by atoms with van der Waals surface area (Å²) in [5.41, 5.74) is 4.87. The Labute approximate surface area is 249 Å². The van der Waals surface area contributed by atoms with Gasteiger partial charge in [0.1, 0.15) is 5.49 Å². The van der Waals surface area contributed by atoms with Crippen molar-refractivity contribution in [3.8, 4) is 11.8 Å². The Bertz CT molecular complexity index is 1230. The lowest BCUT2D eigenvalue weighted by Gasteiger charge is -2.32. The average molecular weight is 561 g/mol. The minimum Gasteiger partial charge on any atom is -0.344 e. The Morgan fingerprint density at radius 2 is 1.98 bits per heavy atom. The summed E-state index contributed by atoms with van der Waals surface area (Å²) in [5.74, 6) is 6.24. The number of likely N-dealkylation sites (N-methyl/N-ethyl adjacent to an activating group) is 1. The van der Waals surface area contributed by atoms with Crippen LogP contribution < -0.4 is 10.8 Å². The van der Waals surface area contributed by atoms with Gasteiger partial charge >= 0.3 is 0 Å². The van der Waals surface area contributed by atoms with Gasteiger partial charge in [-0.1, -0.05) is 62.5 Å². The van der Waals surface area contributed by atoms with Gasteiger partial charge in [-0.3, -0.25) is 14.8 Å². The number of rotatable bonds is 15. The SMILES string of the molecule is C/C=C\N(/C(CN(C)C)=C(\C)CC)C(C)/C=C(\C)NC(=O)C(/C=C\CC)=C/CC#CCn1ccncc1=NCCC. The Balaban J connectivity index is 3.07. The van der Waals surface area contributed by atoms with Gasteiger partial charge in [-0.2, -0.15) is 0 Å². The highest BCUT2D eigenvalue weighted by molar-refractivity contribution is 5.97. The zero-order valence-corrected chi connectivity index (χ0v) is 26.9. The second kappa shape index (κ2) is 20.3. The Morgan fingerprint density at radius 1 is 1.22 bits per heavy atom. The zero-order chi connectivity index (χ0) is 30.6. The molecule has 0 spiro atoms. The third-order valence-electron chi connectivity index (χ3n) is 6.26. The number of amides is 1. The summed E-state index contributed by atoms with van der Waals surface area (Å²) >= 11 is 0. The molecule has 0 aliphatic rings. The van der Waals surface area contributed by atoms with Crippen LogP contribution in [0.2, 0.25) is 0 Å². The van der Waals surface area contributed by atoms with Gasteiger partial charge in [-0.05, 0) is 67.1 Å². The minimum atomic E-state index is -0.131. The molecule has 0 aliphatic carbocycles. The van der Waals surface area contributed by atoms with Crippen molar-refractivity contribution in [2.45, 2.75) is 86.7 Å². The van der Waals surface area contributed by atoms with E-state index in [4.69, 9.17) is 0 Å². The van der Waals surface area contributed by atoms with Crippen LogP contribution in [0, 0.1) is 11.8 Å². The lowest BCUT2D eigenvalue weighted by atomic mass is 10.1. The maximum Gasteiger partial charge on any atom is 0.255 e. The van der Waals surface area contributed by atoms with Gasteiger partial charge in [0.2, 0.25) is 0 Å². The Hall–Kier alpha value is -3.63. The summed E-state index contributed by atoms with van der Waals surface area (Å²) in [7, 11) is 4.17. The smallest absolute Gasteiger partial charge is 0.255 e. The van der Waals surface area contributed by atoms with E-state index in [1.165, 1.54) is 11.3 Å². The summed E-state index contributed by atoms with van der Waals surface area (Å²) in [6, 6.07) is 0.0621. The monoisotopic (exact) mass is 560 g/mol. The van der Waals surface area contributed by atoms with E-state index in [1.54, 1.807) is 12.4 Å². The molecule has 0 saturated carbocycles. The van der Waals surface area contributed by atoms with Crippen LogP contribution in [0.3, 0.4) is 0 Å². The summed E-state index contributed by atoms with van der Waals surface area (Å²) in [6.45, 7) is 16.8. The first-order chi connectivity index (χ1) is 19.7. The molecule has 7 nitrogen and oxygen atoms in total. The number of allylic oxidation sites excluding steroid dienone is 5. The van der Waals surface area contributed by atoms with Crippen molar-refractivity contribution in [2.75, 3.05) is 27.2 Å². The molecule has 1 heterocycles. The number of carbonyl (C=O) groups excluding carboxylic acids is 1. The van der Waals surface area contributed by atoms with Crippen molar-refractivity contribution >= 4 is 5.91 Å². The number of carbonyl (C=O) groups is 1. The fourth-order valence-corrected chi connectivity index (χ4v) is 4.03. The number of hydrogen-bond acceptors (Lipinski definition) is 5. The topological polar surface area (TPSA) is 65.8 Å². The second-order valence-corrected chi connectivity index (χ2v) is 10.2. The van der Waals surface area contributed by atoms with Crippen molar-refractivity contribution in [1.82, 2.24) is 24.7 Å². The highest BCUT2D eigenvalue weighted by Gasteiger charge is 2.16. The highest BCUT2D eigenvalue weighted by Crippen LogP contribution is 2.19. The van der Waals surface area contributed by atoms with Crippen LogP contribution in [-0.4, -0.2) is 58.5 Å². The normalized spacial score (nSPS) is 14.3. The molecule has 1 rings (SSSR count). The van der Waals surface area contributed by atoms with Crippen LogP contribution in [0.25, 0.3) is 0 Å². The minimum absolute atomic E-state index is 0.0621. The maximum absolute atomic E-state index is 13.2. The molecule has 0 saturated heterocycles.